The van der Waals surface area contributed by atoms with Crippen molar-refractivity contribution in [1.82, 2.24) is 11.0 Å². The van der Waals surface area contributed by atoms with Crippen LogP contribution < -0.4 is 16.8 Å². The lowest BCUT2D eigenvalue weighted by Crippen LogP contribution is -2.36. The average molecular weight is 208 g/mol. The van der Waals surface area contributed by atoms with E-state index in [9.17, 15) is 4.79 Å². The summed E-state index contributed by atoms with van der Waals surface area (Å²) in [6.45, 7) is 0. The summed E-state index contributed by atoms with van der Waals surface area (Å²) < 4.78 is 4.56. The third-order valence-electron chi connectivity index (χ3n) is 1.65. The molecule has 0 aliphatic rings. The van der Waals surface area contributed by atoms with Gasteiger partial charge in [-0.3, -0.25) is 11.3 Å². The molecule has 0 unspecified atom stereocenters. The van der Waals surface area contributed by atoms with Crippen LogP contribution in [0.3, 0.4) is 0 Å². The smallest absolute Gasteiger partial charge is 0.337 e. The highest BCUT2D eigenvalue weighted by molar-refractivity contribution is 5.89. The Kier molecular flexibility index (Phi) is 4.27. The van der Waals surface area contributed by atoms with Crippen molar-refractivity contribution < 1.29 is 9.53 Å². The summed E-state index contributed by atoms with van der Waals surface area (Å²) in [5.74, 6) is 4.59. The van der Waals surface area contributed by atoms with Gasteiger partial charge in [-0.2, -0.15) is 5.53 Å². The molecule has 6 heteroatoms. The number of carbonyl (C=O) groups is 1. The molecule has 0 saturated carbocycles. The van der Waals surface area contributed by atoms with Crippen LogP contribution in [0.1, 0.15) is 10.4 Å². The maximum Gasteiger partial charge on any atom is 0.337 e. The summed E-state index contributed by atoms with van der Waals surface area (Å²) in [6, 6.07) is 6.66. The molecular weight excluding hydrogens is 196 g/mol. The number of nitrogens with two attached hydrogens (primary N) is 1. The minimum atomic E-state index is -0.368. The Hall–Kier alpha value is -1.92. The first kappa shape index (κ1) is 11.2. The van der Waals surface area contributed by atoms with Crippen LogP contribution in [-0.4, -0.2) is 19.4 Å². The molecule has 15 heavy (non-hydrogen) atoms. The zero-order valence-corrected chi connectivity index (χ0v) is 8.23. The van der Waals surface area contributed by atoms with Crippen LogP contribution in [0.15, 0.2) is 29.3 Å². The fourth-order valence-electron chi connectivity index (χ4n) is 0.946. The number of nitrogens with zero attached hydrogens (tertiary/aromatic N) is 1. The van der Waals surface area contributed by atoms with Gasteiger partial charge in [-0.05, 0) is 24.3 Å². The van der Waals surface area contributed by atoms with Gasteiger partial charge >= 0.3 is 5.97 Å². The highest BCUT2D eigenvalue weighted by Crippen LogP contribution is 2.12. The van der Waals surface area contributed by atoms with Gasteiger partial charge in [-0.15, -0.1) is 0 Å². The minimum absolute atomic E-state index is 0.368. The lowest BCUT2D eigenvalue weighted by atomic mass is 10.2. The molecule has 1 aromatic carbocycles. The summed E-state index contributed by atoms with van der Waals surface area (Å²) in [7, 11) is 1.34. The predicted molar refractivity (Wildman–Crippen MR) is 56.4 cm³/mol. The highest BCUT2D eigenvalue weighted by Gasteiger charge is 2.03. The molecule has 0 aliphatic heterocycles. The van der Waals surface area contributed by atoms with Crippen LogP contribution in [-0.2, 0) is 4.74 Å². The first-order chi connectivity index (χ1) is 7.27. The van der Waals surface area contributed by atoms with Gasteiger partial charge < -0.3 is 4.74 Å². The lowest BCUT2D eigenvalue weighted by Gasteiger charge is -1.99. The van der Waals surface area contributed by atoms with Crippen molar-refractivity contribution in [3.05, 3.63) is 29.8 Å². The molecule has 0 saturated heterocycles. The Balaban J connectivity index is 2.68. The number of carbonyl (C=O) groups excluding carboxylic acids is 1. The number of hydrazine groups is 2. The highest BCUT2D eigenvalue weighted by atomic mass is 16.5. The fourth-order valence-corrected chi connectivity index (χ4v) is 0.946. The number of nitrogens with one attached hydrogen (secondary N) is 2. The molecule has 0 aliphatic carbocycles. The summed E-state index contributed by atoms with van der Waals surface area (Å²) in [5, 5.41) is 0. The van der Waals surface area contributed by atoms with E-state index in [0.717, 1.165) is 0 Å². The van der Waals surface area contributed by atoms with Crippen molar-refractivity contribution in [1.29, 1.82) is 0 Å². The van der Waals surface area contributed by atoms with Crippen molar-refractivity contribution in [2.45, 2.75) is 0 Å². The summed E-state index contributed by atoms with van der Waals surface area (Å²) in [5.41, 5.74) is 5.88. The van der Waals surface area contributed by atoms with Gasteiger partial charge in [0.15, 0.2) is 0 Å². The number of ether oxygens (including phenoxy) is 1. The SMILES string of the molecule is COC(=O)c1ccc(N=CNNN)cc1. The third kappa shape index (κ3) is 3.37. The minimum Gasteiger partial charge on any atom is -0.465 e. The van der Waals surface area contributed by atoms with Crippen molar-refractivity contribution in [3.63, 3.8) is 0 Å². The van der Waals surface area contributed by atoms with Gasteiger partial charge in [0.1, 0.15) is 6.34 Å². The van der Waals surface area contributed by atoms with Crippen LogP contribution >= 0.6 is 0 Å². The van der Waals surface area contributed by atoms with E-state index in [1.807, 2.05) is 0 Å². The molecule has 0 bridgehead atoms. The Bertz CT molecular complexity index is 348. The molecule has 0 aromatic heterocycles. The Morgan fingerprint density at radius 3 is 2.67 bits per heavy atom. The molecule has 4 N–H and O–H groups in total. The first-order valence-electron chi connectivity index (χ1n) is 4.20. The molecule has 0 radical (unpaired) electrons. The quantitative estimate of drug-likeness (QED) is 0.215. The second kappa shape index (κ2) is 5.74. The molecular formula is C9H12N4O2. The number of hydrogen-bond donors (Lipinski definition) is 3. The zero-order chi connectivity index (χ0) is 11.1. The van der Waals surface area contributed by atoms with Gasteiger partial charge in [-0.1, -0.05) is 0 Å². The molecule has 1 rings (SSSR count). The lowest BCUT2D eigenvalue weighted by molar-refractivity contribution is 0.0601. The van der Waals surface area contributed by atoms with E-state index in [1.54, 1.807) is 24.3 Å². The van der Waals surface area contributed by atoms with E-state index in [4.69, 9.17) is 5.84 Å². The molecule has 0 amide bonds. The van der Waals surface area contributed by atoms with Crippen molar-refractivity contribution >= 4 is 18.0 Å². The van der Waals surface area contributed by atoms with Gasteiger partial charge in [0, 0.05) is 0 Å². The number of benzene rings is 1. The normalized spacial score (nSPS) is 10.3. The molecule has 1 aromatic rings. The number of aliphatic imine (C=N–C) groups is 1. The van der Waals surface area contributed by atoms with Crippen molar-refractivity contribution in [2.24, 2.45) is 10.8 Å². The van der Waals surface area contributed by atoms with Crippen molar-refractivity contribution in [2.75, 3.05) is 7.11 Å². The fraction of sp³-hybridized carbons (Fsp3) is 0.111. The molecule has 0 fully saturated rings. The van der Waals surface area contributed by atoms with E-state index in [2.05, 4.69) is 20.7 Å². The molecule has 0 heterocycles. The number of methoxy groups -OCH3 is 1. The first-order valence-corrected chi connectivity index (χ1v) is 4.20. The second-order valence-corrected chi connectivity index (χ2v) is 2.59. The van der Waals surface area contributed by atoms with Crippen LogP contribution in [0.25, 0.3) is 0 Å². The van der Waals surface area contributed by atoms with Crippen LogP contribution in [0.5, 0.6) is 0 Å². The largest absolute Gasteiger partial charge is 0.465 e. The number of esters is 1. The van der Waals surface area contributed by atoms with Crippen LogP contribution in [0.2, 0.25) is 0 Å². The van der Waals surface area contributed by atoms with Gasteiger partial charge in [-0.25, -0.2) is 9.79 Å². The van der Waals surface area contributed by atoms with Gasteiger partial charge in [0.25, 0.3) is 0 Å². The topological polar surface area (TPSA) is 88.7 Å². The maximum atomic E-state index is 11.1. The summed E-state index contributed by atoms with van der Waals surface area (Å²) in [4.78, 5) is 15.1. The molecule has 80 valence electrons. The van der Waals surface area contributed by atoms with Gasteiger partial charge in [0.2, 0.25) is 0 Å². The van der Waals surface area contributed by atoms with Crippen LogP contribution in [0.4, 0.5) is 5.69 Å². The van der Waals surface area contributed by atoms with E-state index in [-0.39, 0.29) is 5.97 Å². The molecule has 0 spiro atoms. The van der Waals surface area contributed by atoms with E-state index in [0.29, 0.717) is 11.3 Å². The van der Waals surface area contributed by atoms with E-state index < -0.39 is 0 Å². The Labute approximate surface area is 87.1 Å². The molecule has 6 nitrogen and oxygen atoms in total. The maximum absolute atomic E-state index is 11.1. The summed E-state index contributed by atoms with van der Waals surface area (Å²) in [6.07, 6.45) is 1.40. The molecule has 0 atom stereocenters. The average Bonchev–Trinajstić information content (AvgIpc) is 2.29. The Morgan fingerprint density at radius 2 is 2.13 bits per heavy atom. The standard InChI is InChI=1S/C9H12N4O2/c1-15-9(14)7-2-4-8(5-3-7)11-6-12-13-10/h2-6,13H,10H2,1H3,(H,11,12). The zero-order valence-electron chi connectivity index (χ0n) is 8.23. The predicted octanol–water partition coefficient (Wildman–Crippen LogP) is 0.101. The Morgan fingerprint density at radius 1 is 1.47 bits per heavy atom. The second-order valence-electron chi connectivity index (χ2n) is 2.59. The van der Waals surface area contributed by atoms with E-state index >= 15 is 0 Å². The summed E-state index contributed by atoms with van der Waals surface area (Å²) >= 11 is 0. The van der Waals surface area contributed by atoms with Crippen molar-refractivity contribution in [3.8, 4) is 0 Å². The third-order valence-corrected chi connectivity index (χ3v) is 1.65. The van der Waals surface area contributed by atoms with E-state index in [1.165, 1.54) is 13.4 Å². The van der Waals surface area contributed by atoms with Gasteiger partial charge in [0.05, 0.1) is 18.4 Å². The van der Waals surface area contributed by atoms with Crippen LogP contribution in [0, 0.1) is 0 Å². The number of rotatable bonds is 4. The number of hydrogen-bond acceptors (Lipinski definition) is 5. The monoisotopic (exact) mass is 208 g/mol.